The molecule has 2 aromatic rings. The van der Waals surface area contributed by atoms with Crippen LogP contribution in [0, 0.1) is 0 Å². The van der Waals surface area contributed by atoms with E-state index >= 15 is 0 Å². The summed E-state index contributed by atoms with van der Waals surface area (Å²) in [6, 6.07) is 3.41. The van der Waals surface area contributed by atoms with E-state index < -0.39 is 0 Å². The monoisotopic (exact) mass is 411 g/mol. The minimum atomic E-state index is 0.317. The highest BCUT2D eigenvalue weighted by Crippen LogP contribution is 2.25. The third kappa shape index (κ3) is 6.29. The number of morpholine rings is 1. The van der Waals surface area contributed by atoms with E-state index in [2.05, 4.69) is 35.5 Å². The number of aromatic nitrogens is 4. The van der Waals surface area contributed by atoms with Crippen LogP contribution in [0.3, 0.4) is 0 Å². The number of nitrogens with one attached hydrogen (secondary N) is 2. The number of hydrogen-bond acceptors (Lipinski definition) is 8. The summed E-state index contributed by atoms with van der Waals surface area (Å²) in [5.41, 5.74) is 0. The van der Waals surface area contributed by atoms with Gasteiger partial charge >= 0.3 is 0 Å². The molecule has 0 unspecified atom stereocenters. The van der Waals surface area contributed by atoms with Gasteiger partial charge in [-0.25, -0.2) is 19.9 Å². The summed E-state index contributed by atoms with van der Waals surface area (Å²) in [6.45, 7) is 5.08. The zero-order chi connectivity index (χ0) is 18.2. The molecule has 1 saturated heterocycles. The summed E-state index contributed by atoms with van der Waals surface area (Å²) in [4.78, 5) is 19.2. The highest BCUT2D eigenvalue weighted by Gasteiger charge is 2.11. The van der Waals surface area contributed by atoms with Crippen molar-refractivity contribution in [2.24, 2.45) is 0 Å². The van der Waals surface area contributed by atoms with Gasteiger partial charge in [0.05, 0.1) is 13.2 Å². The van der Waals surface area contributed by atoms with E-state index in [9.17, 15) is 0 Å². The van der Waals surface area contributed by atoms with Crippen molar-refractivity contribution in [2.45, 2.75) is 10.2 Å². The minimum absolute atomic E-state index is 0.317. The van der Waals surface area contributed by atoms with Crippen LogP contribution in [0.4, 0.5) is 5.95 Å². The maximum absolute atomic E-state index is 6.08. The van der Waals surface area contributed by atoms with Crippen LogP contribution in [-0.4, -0.2) is 69.3 Å². The Morgan fingerprint density at radius 1 is 1.27 bits per heavy atom. The van der Waals surface area contributed by atoms with Crippen molar-refractivity contribution in [3.8, 4) is 0 Å². The number of halogens is 1. The van der Waals surface area contributed by atoms with Gasteiger partial charge in [0.15, 0.2) is 10.3 Å². The van der Waals surface area contributed by atoms with Crippen molar-refractivity contribution in [1.82, 2.24) is 30.2 Å². The molecule has 11 heteroatoms. The van der Waals surface area contributed by atoms with Gasteiger partial charge in [-0.3, -0.25) is 4.90 Å². The average Bonchev–Trinajstić information content (AvgIpc) is 2.63. The first-order valence-corrected chi connectivity index (χ1v) is 9.64. The molecule has 0 amide bonds. The first-order valence-electron chi connectivity index (χ1n) is 8.03. The van der Waals surface area contributed by atoms with Gasteiger partial charge < -0.3 is 15.4 Å². The lowest BCUT2D eigenvalue weighted by Gasteiger charge is -2.26. The van der Waals surface area contributed by atoms with Gasteiger partial charge in [0.25, 0.3) is 0 Å². The van der Waals surface area contributed by atoms with Crippen LogP contribution in [0.25, 0.3) is 0 Å². The molecule has 2 aromatic heterocycles. The van der Waals surface area contributed by atoms with Crippen molar-refractivity contribution in [1.29, 1.82) is 0 Å². The Bertz CT molecular complexity index is 731. The Hall–Kier alpha value is -1.59. The quantitative estimate of drug-likeness (QED) is 0.415. The van der Waals surface area contributed by atoms with Crippen LogP contribution in [0.1, 0.15) is 0 Å². The first kappa shape index (κ1) is 19.2. The summed E-state index contributed by atoms with van der Waals surface area (Å²) in [7, 11) is 0. The molecule has 0 aliphatic carbocycles. The number of anilines is 1. The predicted octanol–water partition coefficient (Wildman–Crippen LogP) is 1.69. The van der Waals surface area contributed by atoms with Gasteiger partial charge in [-0.1, -0.05) is 11.6 Å². The summed E-state index contributed by atoms with van der Waals surface area (Å²) in [5, 5.41) is 8.10. The molecule has 0 bridgehead atoms. The highest BCUT2D eigenvalue weighted by molar-refractivity contribution is 7.99. The Kier molecular flexibility index (Phi) is 7.32. The molecule has 0 saturated carbocycles. The molecule has 3 rings (SSSR count). The molecule has 1 fully saturated rings. The molecule has 0 spiro atoms. The largest absolute Gasteiger partial charge is 0.379 e. The standard InChI is InChI=1S/C15H18ClN7OS2/c16-11-10-12(26-15-18-2-1-3-19-15)21-13(20-11)22-14(25)17-4-5-23-6-8-24-9-7-23/h1-3,10H,4-9H2,(H2,17,20,21,22,25). The Labute approximate surface area is 166 Å². The molecule has 1 aliphatic heterocycles. The second kappa shape index (κ2) is 9.93. The molecular formula is C15H18ClN7OS2. The first-order chi connectivity index (χ1) is 12.7. The Morgan fingerprint density at radius 3 is 2.81 bits per heavy atom. The molecule has 0 atom stereocenters. The molecular weight excluding hydrogens is 394 g/mol. The van der Waals surface area contributed by atoms with Crippen LogP contribution in [0.2, 0.25) is 5.15 Å². The molecule has 3 heterocycles. The highest BCUT2D eigenvalue weighted by atomic mass is 35.5. The van der Waals surface area contributed by atoms with Crippen molar-refractivity contribution in [3.05, 3.63) is 29.7 Å². The number of hydrogen-bond donors (Lipinski definition) is 2. The zero-order valence-electron chi connectivity index (χ0n) is 13.9. The fraction of sp³-hybridized carbons (Fsp3) is 0.400. The number of rotatable bonds is 6. The van der Waals surface area contributed by atoms with Gasteiger partial charge in [0.1, 0.15) is 10.2 Å². The molecule has 2 N–H and O–H groups in total. The second-order valence-electron chi connectivity index (χ2n) is 5.32. The van der Waals surface area contributed by atoms with E-state index in [4.69, 9.17) is 28.6 Å². The van der Waals surface area contributed by atoms with Crippen molar-refractivity contribution < 1.29 is 4.74 Å². The molecule has 26 heavy (non-hydrogen) atoms. The second-order valence-corrected chi connectivity index (χ2v) is 7.10. The SMILES string of the molecule is S=C(NCCN1CCOCC1)Nc1nc(Cl)cc(Sc2ncccn2)n1. The van der Waals surface area contributed by atoms with Crippen molar-refractivity contribution in [2.75, 3.05) is 44.7 Å². The predicted molar refractivity (Wildman–Crippen MR) is 105 cm³/mol. The average molecular weight is 412 g/mol. The number of thiocarbonyl (C=S) groups is 1. The van der Waals surface area contributed by atoms with Gasteiger partial charge in [0.2, 0.25) is 5.95 Å². The van der Waals surface area contributed by atoms with Gasteiger partial charge in [-0.2, -0.15) is 0 Å². The van der Waals surface area contributed by atoms with Crippen molar-refractivity contribution in [3.63, 3.8) is 0 Å². The third-order valence-corrected chi connectivity index (χ3v) is 4.70. The van der Waals surface area contributed by atoms with Crippen LogP contribution >= 0.6 is 35.6 Å². The Morgan fingerprint density at radius 2 is 2.04 bits per heavy atom. The van der Waals surface area contributed by atoms with Crippen LogP contribution in [-0.2, 0) is 4.74 Å². The lowest BCUT2D eigenvalue weighted by molar-refractivity contribution is 0.0389. The molecule has 0 aromatic carbocycles. The number of nitrogens with zero attached hydrogens (tertiary/aromatic N) is 5. The topological polar surface area (TPSA) is 88.1 Å². The van der Waals surface area contributed by atoms with Crippen LogP contribution in [0.5, 0.6) is 0 Å². The van der Waals surface area contributed by atoms with E-state index in [1.54, 1.807) is 24.5 Å². The normalized spacial score (nSPS) is 14.8. The van der Waals surface area contributed by atoms with Crippen LogP contribution in [0.15, 0.2) is 34.7 Å². The van der Waals surface area contributed by atoms with Gasteiger partial charge in [-0.15, -0.1) is 0 Å². The van der Waals surface area contributed by atoms with Crippen LogP contribution < -0.4 is 10.6 Å². The van der Waals surface area contributed by atoms with Gasteiger partial charge in [0, 0.05) is 44.6 Å². The smallest absolute Gasteiger partial charge is 0.231 e. The molecule has 1 aliphatic rings. The van der Waals surface area contributed by atoms with E-state index in [0.717, 1.165) is 39.4 Å². The van der Waals surface area contributed by atoms with E-state index in [1.807, 2.05) is 0 Å². The summed E-state index contributed by atoms with van der Waals surface area (Å²) >= 11 is 12.7. The molecule has 8 nitrogen and oxygen atoms in total. The molecule has 0 radical (unpaired) electrons. The lowest BCUT2D eigenvalue weighted by atomic mass is 10.4. The van der Waals surface area contributed by atoms with E-state index in [-0.39, 0.29) is 0 Å². The Balaban J connectivity index is 1.51. The number of ether oxygens (including phenoxy) is 1. The third-order valence-electron chi connectivity index (χ3n) is 3.45. The fourth-order valence-corrected chi connectivity index (χ4v) is 3.39. The minimum Gasteiger partial charge on any atom is -0.379 e. The van der Waals surface area contributed by atoms with E-state index in [1.165, 1.54) is 11.8 Å². The maximum Gasteiger partial charge on any atom is 0.231 e. The van der Waals surface area contributed by atoms with E-state index in [0.29, 0.717) is 26.4 Å². The maximum atomic E-state index is 6.08. The van der Waals surface area contributed by atoms with Crippen molar-refractivity contribution >= 4 is 46.6 Å². The summed E-state index contributed by atoms with van der Waals surface area (Å²) < 4.78 is 5.33. The lowest BCUT2D eigenvalue weighted by Crippen LogP contribution is -2.42. The summed E-state index contributed by atoms with van der Waals surface area (Å²) in [5.74, 6) is 0.333. The zero-order valence-corrected chi connectivity index (χ0v) is 16.3. The molecule has 138 valence electrons. The fourth-order valence-electron chi connectivity index (χ4n) is 2.23. The van der Waals surface area contributed by atoms with Gasteiger partial charge in [-0.05, 0) is 30.0 Å². The summed E-state index contributed by atoms with van der Waals surface area (Å²) in [6.07, 6.45) is 3.34.